The summed E-state index contributed by atoms with van der Waals surface area (Å²) in [5, 5.41) is 3.71. The highest BCUT2D eigenvalue weighted by molar-refractivity contribution is 5.68. The van der Waals surface area contributed by atoms with Gasteiger partial charge in [-0.2, -0.15) is 5.10 Å². The van der Waals surface area contributed by atoms with Crippen molar-refractivity contribution in [1.82, 2.24) is 5.43 Å². The number of hydrogen-bond acceptors (Lipinski definition) is 3. The van der Waals surface area contributed by atoms with E-state index < -0.39 is 6.09 Å². The van der Waals surface area contributed by atoms with E-state index in [0.29, 0.717) is 6.61 Å². The summed E-state index contributed by atoms with van der Waals surface area (Å²) < 4.78 is 4.61. The summed E-state index contributed by atoms with van der Waals surface area (Å²) >= 11 is 0. The largest absolute Gasteiger partial charge is 0.449 e. The fourth-order valence-electron chi connectivity index (χ4n) is 0.812. The molecule has 0 unspecified atom stereocenters. The molecule has 76 valence electrons. The van der Waals surface area contributed by atoms with Crippen LogP contribution in [0, 0.1) is 0 Å². The molecule has 1 N–H and O–H groups in total. The molecule has 0 aromatic carbocycles. The van der Waals surface area contributed by atoms with Crippen molar-refractivity contribution in [3.8, 4) is 0 Å². The molecule has 0 atom stereocenters. The number of carbonyl (C=O) groups excluding carboxylic acids is 1. The lowest BCUT2D eigenvalue weighted by Gasteiger charge is -1.98. The molecule has 4 nitrogen and oxygen atoms in total. The van der Waals surface area contributed by atoms with Crippen LogP contribution in [-0.4, -0.2) is 18.9 Å². The van der Waals surface area contributed by atoms with Crippen molar-refractivity contribution in [2.75, 3.05) is 6.61 Å². The van der Waals surface area contributed by atoms with Crippen molar-refractivity contribution in [2.45, 2.75) is 39.5 Å². The van der Waals surface area contributed by atoms with Gasteiger partial charge in [-0.3, -0.25) is 0 Å². The lowest BCUT2D eigenvalue weighted by Crippen LogP contribution is -2.18. The third kappa shape index (κ3) is 8.85. The van der Waals surface area contributed by atoms with Gasteiger partial charge in [0.1, 0.15) is 0 Å². The number of unbranched alkanes of at least 4 members (excludes halogenated alkanes) is 3. The van der Waals surface area contributed by atoms with Crippen molar-refractivity contribution in [3.05, 3.63) is 0 Å². The smallest absolute Gasteiger partial charge is 0.427 e. The number of amides is 1. The molecule has 1 amide bonds. The number of nitrogens with one attached hydrogen (secondary N) is 1. The van der Waals surface area contributed by atoms with Gasteiger partial charge in [0.2, 0.25) is 0 Å². The molecule has 0 aromatic heterocycles. The van der Waals surface area contributed by atoms with E-state index in [9.17, 15) is 4.79 Å². The average molecular weight is 186 g/mol. The molecular formula is C9H18N2O2. The number of hydrogen-bond donors (Lipinski definition) is 1. The molecule has 0 saturated heterocycles. The Hall–Kier alpha value is -1.06. The van der Waals surface area contributed by atoms with Crippen LogP contribution in [0.2, 0.25) is 0 Å². The predicted molar refractivity (Wildman–Crippen MR) is 52.8 cm³/mol. The van der Waals surface area contributed by atoms with Gasteiger partial charge in [-0.05, 0) is 19.8 Å². The molecule has 0 saturated carbocycles. The Morgan fingerprint density at radius 3 is 2.85 bits per heavy atom. The summed E-state index contributed by atoms with van der Waals surface area (Å²) in [5.41, 5.74) is 2.27. The second-order valence-corrected chi connectivity index (χ2v) is 2.64. The van der Waals surface area contributed by atoms with E-state index >= 15 is 0 Å². The topological polar surface area (TPSA) is 50.7 Å². The molecule has 0 heterocycles. The summed E-state index contributed by atoms with van der Waals surface area (Å²) in [5.74, 6) is 0. The zero-order valence-electron chi connectivity index (χ0n) is 8.38. The van der Waals surface area contributed by atoms with Crippen molar-refractivity contribution in [1.29, 1.82) is 0 Å². The minimum Gasteiger partial charge on any atom is -0.449 e. The molecule has 0 aliphatic heterocycles. The Bertz CT molecular complexity index is 158. The lowest BCUT2D eigenvalue weighted by molar-refractivity contribution is 0.152. The quantitative estimate of drug-likeness (QED) is 0.393. The molecule has 0 aliphatic carbocycles. The van der Waals surface area contributed by atoms with Gasteiger partial charge in [-0.25, -0.2) is 10.2 Å². The van der Waals surface area contributed by atoms with Crippen LogP contribution in [0.5, 0.6) is 0 Å². The molecule has 0 rings (SSSR count). The number of rotatable bonds is 6. The maximum atomic E-state index is 10.7. The summed E-state index contributed by atoms with van der Waals surface area (Å²) in [6.07, 6.45) is 5.62. The molecule has 0 spiro atoms. The maximum absolute atomic E-state index is 10.7. The lowest BCUT2D eigenvalue weighted by atomic mass is 10.2. The first kappa shape index (κ1) is 11.9. The third-order valence-corrected chi connectivity index (χ3v) is 1.46. The summed E-state index contributed by atoms with van der Waals surface area (Å²) in [7, 11) is 0. The Morgan fingerprint density at radius 1 is 1.46 bits per heavy atom. The highest BCUT2D eigenvalue weighted by Crippen LogP contribution is 1.95. The van der Waals surface area contributed by atoms with Crippen LogP contribution in [0.15, 0.2) is 5.10 Å². The highest BCUT2D eigenvalue weighted by atomic mass is 16.5. The fourth-order valence-corrected chi connectivity index (χ4v) is 0.812. The van der Waals surface area contributed by atoms with Crippen LogP contribution in [0.3, 0.4) is 0 Å². The van der Waals surface area contributed by atoms with Crippen molar-refractivity contribution >= 4 is 12.3 Å². The maximum Gasteiger partial charge on any atom is 0.427 e. The first-order valence-corrected chi connectivity index (χ1v) is 4.75. The van der Waals surface area contributed by atoms with E-state index in [4.69, 9.17) is 0 Å². The van der Waals surface area contributed by atoms with Crippen molar-refractivity contribution in [3.63, 3.8) is 0 Å². The van der Waals surface area contributed by atoms with Crippen LogP contribution in [0.4, 0.5) is 4.79 Å². The number of nitrogens with zero attached hydrogens (tertiary/aromatic N) is 1. The highest BCUT2D eigenvalue weighted by Gasteiger charge is 1.94. The van der Waals surface area contributed by atoms with Gasteiger partial charge in [-0.15, -0.1) is 0 Å². The molecule has 0 radical (unpaired) electrons. The second-order valence-electron chi connectivity index (χ2n) is 2.64. The van der Waals surface area contributed by atoms with Gasteiger partial charge < -0.3 is 4.74 Å². The van der Waals surface area contributed by atoms with Crippen LogP contribution in [0.1, 0.15) is 39.5 Å². The van der Waals surface area contributed by atoms with Crippen LogP contribution in [0.25, 0.3) is 0 Å². The summed E-state index contributed by atoms with van der Waals surface area (Å²) in [6.45, 7) is 4.27. The molecular weight excluding hydrogens is 168 g/mol. The van der Waals surface area contributed by atoms with E-state index in [1.807, 2.05) is 0 Å². The minimum atomic E-state index is -0.491. The Morgan fingerprint density at radius 2 is 2.23 bits per heavy atom. The van der Waals surface area contributed by atoms with Gasteiger partial charge in [0.05, 0.1) is 6.61 Å². The fraction of sp³-hybridized carbons (Fsp3) is 0.778. The zero-order chi connectivity index (χ0) is 9.94. The average Bonchev–Trinajstić information content (AvgIpc) is 2.11. The SMILES string of the molecule is CCCCC/C=N/NC(=O)OCC. The first-order valence-electron chi connectivity index (χ1n) is 4.75. The molecule has 0 aliphatic rings. The predicted octanol–water partition coefficient (Wildman–Crippen LogP) is 2.30. The Labute approximate surface area is 79.3 Å². The summed E-state index contributed by atoms with van der Waals surface area (Å²) in [4.78, 5) is 10.7. The molecule has 0 aromatic rings. The molecule has 4 heteroatoms. The summed E-state index contributed by atoms with van der Waals surface area (Å²) in [6, 6.07) is 0. The van der Waals surface area contributed by atoms with Crippen molar-refractivity contribution < 1.29 is 9.53 Å². The van der Waals surface area contributed by atoms with Gasteiger partial charge in [-0.1, -0.05) is 19.8 Å². The van der Waals surface area contributed by atoms with Crippen LogP contribution < -0.4 is 5.43 Å². The van der Waals surface area contributed by atoms with E-state index in [1.165, 1.54) is 12.8 Å². The van der Waals surface area contributed by atoms with E-state index in [-0.39, 0.29) is 0 Å². The zero-order valence-corrected chi connectivity index (χ0v) is 8.38. The molecule has 13 heavy (non-hydrogen) atoms. The first-order chi connectivity index (χ1) is 6.31. The van der Waals surface area contributed by atoms with Crippen LogP contribution in [-0.2, 0) is 4.74 Å². The van der Waals surface area contributed by atoms with Crippen molar-refractivity contribution in [2.24, 2.45) is 5.10 Å². The Kier molecular flexibility index (Phi) is 8.30. The van der Waals surface area contributed by atoms with E-state index in [2.05, 4.69) is 22.2 Å². The monoisotopic (exact) mass is 186 g/mol. The van der Waals surface area contributed by atoms with Gasteiger partial charge in [0.15, 0.2) is 0 Å². The van der Waals surface area contributed by atoms with E-state index in [1.54, 1.807) is 13.1 Å². The number of ether oxygens (including phenoxy) is 1. The van der Waals surface area contributed by atoms with Gasteiger partial charge in [0, 0.05) is 6.21 Å². The standard InChI is InChI=1S/C9H18N2O2/c1-3-5-6-7-8-10-11-9(12)13-4-2/h8H,3-7H2,1-2H3,(H,11,12)/b10-8+. The van der Waals surface area contributed by atoms with Gasteiger partial charge in [0.25, 0.3) is 0 Å². The van der Waals surface area contributed by atoms with Crippen LogP contribution >= 0.6 is 0 Å². The molecule has 0 fully saturated rings. The Balaban J connectivity index is 3.25. The number of carbonyl (C=O) groups is 1. The van der Waals surface area contributed by atoms with Gasteiger partial charge >= 0.3 is 6.09 Å². The van der Waals surface area contributed by atoms with E-state index in [0.717, 1.165) is 12.8 Å². The third-order valence-electron chi connectivity index (χ3n) is 1.46. The molecule has 0 bridgehead atoms. The second kappa shape index (κ2) is 9.03. The number of hydrazone groups is 1. The minimum absolute atomic E-state index is 0.372. The normalized spacial score (nSPS) is 10.3.